The van der Waals surface area contributed by atoms with E-state index >= 15 is 0 Å². The number of carbonyl (C=O) groups excluding carboxylic acids is 1. The van der Waals surface area contributed by atoms with E-state index in [0.717, 1.165) is 32.1 Å². The first kappa shape index (κ1) is 15.9. The number of amides is 1. The molecule has 0 atom stereocenters. The highest BCUT2D eigenvalue weighted by Gasteiger charge is 2.32. The quantitative estimate of drug-likeness (QED) is 0.838. The van der Waals surface area contributed by atoms with Crippen LogP contribution in [0.4, 0.5) is 13.2 Å². The first-order chi connectivity index (χ1) is 9.96. The summed E-state index contributed by atoms with van der Waals surface area (Å²) >= 11 is 0. The van der Waals surface area contributed by atoms with Gasteiger partial charge in [-0.25, -0.2) is 0 Å². The molecule has 7 heteroatoms. The smallest absolute Gasteiger partial charge is 0.364 e. The average Bonchev–Trinajstić information content (AvgIpc) is 2.91. The summed E-state index contributed by atoms with van der Waals surface area (Å²) in [4.78, 5) is 13.7. The molecule has 1 aliphatic rings. The van der Waals surface area contributed by atoms with Crippen molar-refractivity contribution in [2.24, 2.45) is 0 Å². The molecule has 0 radical (unpaired) electrons. The molecule has 0 bridgehead atoms. The maximum Gasteiger partial charge on any atom is 0.390 e. The Hall–Kier alpha value is -1.53. The van der Waals surface area contributed by atoms with Crippen molar-refractivity contribution >= 4 is 5.91 Å². The van der Waals surface area contributed by atoms with Crippen molar-refractivity contribution in [1.29, 1.82) is 0 Å². The van der Waals surface area contributed by atoms with Crippen LogP contribution < -0.4 is 0 Å². The van der Waals surface area contributed by atoms with Crippen molar-refractivity contribution in [2.45, 2.75) is 57.2 Å². The van der Waals surface area contributed by atoms with Gasteiger partial charge in [-0.05, 0) is 12.8 Å². The van der Waals surface area contributed by atoms with Crippen LogP contribution in [-0.4, -0.2) is 34.7 Å². The molecule has 118 valence electrons. The van der Waals surface area contributed by atoms with Crippen molar-refractivity contribution in [2.75, 3.05) is 6.54 Å². The van der Waals surface area contributed by atoms with E-state index in [-0.39, 0.29) is 24.9 Å². The number of hydrogen-bond donors (Lipinski definition) is 0. The van der Waals surface area contributed by atoms with Crippen LogP contribution in [0.3, 0.4) is 0 Å². The maximum absolute atomic E-state index is 12.5. The van der Waals surface area contributed by atoms with Crippen molar-refractivity contribution in [1.82, 2.24) is 10.1 Å². The molecule has 1 saturated carbocycles. The molecule has 1 amide bonds. The van der Waals surface area contributed by atoms with Crippen LogP contribution in [0.1, 0.15) is 44.2 Å². The third kappa shape index (κ3) is 5.06. The molecule has 1 aromatic rings. The van der Waals surface area contributed by atoms with Crippen molar-refractivity contribution in [3.8, 4) is 0 Å². The highest BCUT2D eigenvalue weighted by molar-refractivity contribution is 5.78. The lowest BCUT2D eigenvalue weighted by Crippen LogP contribution is -2.44. The number of rotatable bonds is 5. The normalized spacial score (nSPS) is 16.9. The maximum atomic E-state index is 12.5. The lowest BCUT2D eigenvalue weighted by molar-refractivity contribution is -0.148. The summed E-state index contributed by atoms with van der Waals surface area (Å²) in [5.41, 5.74) is 0.452. The summed E-state index contributed by atoms with van der Waals surface area (Å²) in [5, 5.41) is 3.65. The molecule has 0 spiro atoms. The zero-order valence-corrected chi connectivity index (χ0v) is 11.7. The zero-order chi connectivity index (χ0) is 15.3. The van der Waals surface area contributed by atoms with Crippen LogP contribution in [0.15, 0.2) is 16.9 Å². The van der Waals surface area contributed by atoms with Gasteiger partial charge in [-0.1, -0.05) is 24.4 Å². The molecular formula is C14H19F3N2O2. The van der Waals surface area contributed by atoms with E-state index in [1.165, 1.54) is 11.2 Å². The molecule has 1 heterocycles. The number of alkyl halides is 3. The molecule has 1 aromatic heterocycles. The summed E-state index contributed by atoms with van der Waals surface area (Å²) < 4.78 is 42.0. The molecule has 0 unspecified atom stereocenters. The summed E-state index contributed by atoms with van der Waals surface area (Å²) in [6.07, 6.45) is 0.698. The number of nitrogens with zero attached hydrogens (tertiary/aromatic N) is 2. The molecule has 0 aromatic carbocycles. The number of halogens is 3. The Balaban J connectivity index is 2.00. The van der Waals surface area contributed by atoms with Gasteiger partial charge in [0.25, 0.3) is 0 Å². The fraction of sp³-hybridized carbons (Fsp3) is 0.714. The van der Waals surface area contributed by atoms with Gasteiger partial charge in [-0.3, -0.25) is 4.79 Å². The van der Waals surface area contributed by atoms with Gasteiger partial charge in [0.15, 0.2) is 0 Å². The Morgan fingerprint density at radius 1 is 1.33 bits per heavy atom. The predicted octanol–water partition coefficient (Wildman–Crippen LogP) is 3.33. The van der Waals surface area contributed by atoms with Crippen molar-refractivity contribution in [3.63, 3.8) is 0 Å². The van der Waals surface area contributed by atoms with Gasteiger partial charge < -0.3 is 9.42 Å². The van der Waals surface area contributed by atoms with Crippen molar-refractivity contribution < 1.29 is 22.5 Å². The van der Waals surface area contributed by atoms with Crippen LogP contribution in [0.25, 0.3) is 0 Å². The minimum Gasteiger partial charge on any atom is -0.364 e. The third-order valence-corrected chi connectivity index (χ3v) is 3.80. The Morgan fingerprint density at radius 3 is 2.62 bits per heavy atom. The molecule has 21 heavy (non-hydrogen) atoms. The van der Waals surface area contributed by atoms with Crippen LogP contribution in [0.2, 0.25) is 0 Å². The first-order valence-electron chi connectivity index (χ1n) is 7.21. The monoisotopic (exact) mass is 304 g/mol. The van der Waals surface area contributed by atoms with Crippen LogP contribution in [0, 0.1) is 0 Å². The molecule has 4 nitrogen and oxygen atoms in total. The van der Waals surface area contributed by atoms with Gasteiger partial charge in [-0.2, -0.15) is 13.2 Å². The Labute approximate surface area is 121 Å². The van der Waals surface area contributed by atoms with E-state index in [4.69, 9.17) is 0 Å². The van der Waals surface area contributed by atoms with Gasteiger partial charge in [0, 0.05) is 18.7 Å². The molecule has 0 N–H and O–H groups in total. The van der Waals surface area contributed by atoms with E-state index in [2.05, 4.69) is 9.68 Å². The van der Waals surface area contributed by atoms with E-state index in [1.807, 2.05) is 0 Å². The summed E-state index contributed by atoms with van der Waals surface area (Å²) in [6, 6.07) is 1.47. The molecule has 0 saturated heterocycles. The Bertz CT molecular complexity index is 440. The first-order valence-corrected chi connectivity index (χ1v) is 7.21. The van der Waals surface area contributed by atoms with E-state index in [9.17, 15) is 18.0 Å². The fourth-order valence-electron chi connectivity index (χ4n) is 2.74. The lowest BCUT2D eigenvalue weighted by Gasteiger charge is -2.34. The third-order valence-electron chi connectivity index (χ3n) is 3.80. The van der Waals surface area contributed by atoms with Gasteiger partial charge in [0.05, 0.1) is 18.5 Å². The summed E-state index contributed by atoms with van der Waals surface area (Å²) in [7, 11) is 0. The average molecular weight is 304 g/mol. The highest BCUT2D eigenvalue weighted by Crippen LogP contribution is 2.26. The number of hydrogen-bond acceptors (Lipinski definition) is 3. The SMILES string of the molecule is O=C(Cc1ccon1)N(CCC(F)(F)F)C1CCCCC1. The van der Waals surface area contributed by atoms with Crippen molar-refractivity contribution in [3.05, 3.63) is 18.0 Å². The van der Waals surface area contributed by atoms with Crippen LogP contribution in [0.5, 0.6) is 0 Å². The largest absolute Gasteiger partial charge is 0.390 e. The number of carbonyl (C=O) groups is 1. The van der Waals surface area contributed by atoms with E-state index < -0.39 is 12.6 Å². The minimum atomic E-state index is -4.25. The fourth-order valence-corrected chi connectivity index (χ4v) is 2.74. The Kier molecular flexibility index (Phi) is 5.25. The van der Waals surface area contributed by atoms with Gasteiger partial charge in [0.1, 0.15) is 6.26 Å². The van der Waals surface area contributed by atoms with E-state index in [1.54, 1.807) is 6.07 Å². The van der Waals surface area contributed by atoms with Crippen LogP contribution >= 0.6 is 0 Å². The number of aromatic nitrogens is 1. The van der Waals surface area contributed by atoms with E-state index in [0.29, 0.717) is 5.69 Å². The second-order valence-corrected chi connectivity index (χ2v) is 5.41. The molecule has 0 aliphatic heterocycles. The van der Waals surface area contributed by atoms with Crippen LogP contribution in [-0.2, 0) is 11.2 Å². The molecular weight excluding hydrogens is 285 g/mol. The second-order valence-electron chi connectivity index (χ2n) is 5.41. The minimum absolute atomic E-state index is 0.00907. The molecule has 1 fully saturated rings. The summed E-state index contributed by atoms with van der Waals surface area (Å²) in [6.45, 7) is -0.273. The standard InChI is InChI=1S/C14H19F3N2O2/c15-14(16,17)7-8-19(12-4-2-1-3-5-12)13(20)10-11-6-9-21-18-11/h6,9,12H,1-5,7-8,10H2. The second kappa shape index (κ2) is 6.95. The molecule has 1 aliphatic carbocycles. The highest BCUT2D eigenvalue weighted by atomic mass is 19.4. The summed E-state index contributed by atoms with van der Waals surface area (Å²) in [5.74, 6) is -0.306. The van der Waals surface area contributed by atoms with Gasteiger partial charge >= 0.3 is 6.18 Å². The molecule has 2 rings (SSSR count). The lowest BCUT2D eigenvalue weighted by atomic mass is 9.93. The van der Waals surface area contributed by atoms with Gasteiger partial charge in [0.2, 0.25) is 5.91 Å². The Morgan fingerprint density at radius 2 is 2.05 bits per heavy atom. The topological polar surface area (TPSA) is 46.3 Å². The zero-order valence-electron chi connectivity index (χ0n) is 11.7. The van der Waals surface area contributed by atoms with Gasteiger partial charge in [-0.15, -0.1) is 0 Å². The predicted molar refractivity (Wildman–Crippen MR) is 69.5 cm³/mol.